The molecule has 4 rings (SSSR count). The molecule has 0 unspecified atom stereocenters. The van der Waals surface area contributed by atoms with E-state index in [-0.39, 0.29) is 16.7 Å². The summed E-state index contributed by atoms with van der Waals surface area (Å²) in [6.07, 6.45) is 5.70. The number of benzene rings is 4. The first kappa shape index (κ1) is 30.3. The Bertz CT molecular complexity index is 1360. The third-order valence-corrected chi connectivity index (χ3v) is 6.89. The molecule has 0 radical (unpaired) electrons. The maximum Gasteiger partial charge on any atom is 0.255 e. The van der Waals surface area contributed by atoms with Crippen molar-refractivity contribution in [3.8, 4) is 0 Å². The van der Waals surface area contributed by atoms with Crippen molar-refractivity contribution in [1.29, 1.82) is 0 Å². The summed E-state index contributed by atoms with van der Waals surface area (Å²) in [4.78, 5) is 40.2. The third-order valence-electron chi connectivity index (χ3n) is 6.89. The molecule has 0 heterocycles. The molecule has 0 aliphatic rings. The van der Waals surface area contributed by atoms with Gasteiger partial charge in [-0.3, -0.25) is 14.4 Å². The van der Waals surface area contributed by atoms with Gasteiger partial charge in [-0.15, -0.1) is 0 Å². The fraction of sp³-hybridized carbons (Fsp3) is 0.250. The van der Waals surface area contributed by atoms with E-state index in [2.05, 4.69) is 36.7 Å². The van der Waals surface area contributed by atoms with Gasteiger partial charge >= 0.3 is 0 Å². The summed E-state index contributed by atoms with van der Waals surface area (Å²) in [5.41, 5.74) is 6.00. The summed E-state index contributed by atoms with van der Waals surface area (Å²) in [6.45, 7) is 6.32. The molecule has 0 spiro atoms. The number of amides is 3. The maximum absolute atomic E-state index is 13.4. The van der Waals surface area contributed by atoms with E-state index in [9.17, 15) is 14.4 Å². The van der Waals surface area contributed by atoms with Crippen LogP contribution in [0.4, 0.5) is 17.1 Å². The van der Waals surface area contributed by atoms with Crippen LogP contribution in [0.3, 0.4) is 0 Å². The van der Waals surface area contributed by atoms with Gasteiger partial charge in [0.15, 0.2) is 0 Å². The molecule has 0 aliphatic heterocycles. The molecular weight excluding hydrogens is 522 g/mol. The number of hydrogen-bond acceptors (Lipinski definition) is 3. The summed E-state index contributed by atoms with van der Waals surface area (Å²) in [5, 5.41) is 8.79. The van der Waals surface area contributed by atoms with E-state index in [1.165, 1.54) is 18.2 Å². The lowest BCUT2D eigenvalue weighted by molar-refractivity contribution is 0.102. The average molecular weight is 562 g/mol. The largest absolute Gasteiger partial charge is 0.322 e. The lowest BCUT2D eigenvalue weighted by Crippen LogP contribution is -2.19. The molecule has 0 fully saturated rings. The summed E-state index contributed by atoms with van der Waals surface area (Å²) < 4.78 is 0. The monoisotopic (exact) mass is 561 g/mol. The highest BCUT2D eigenvalue weighted by Crippen LogP contribution is 2.20. The Morgan fingerprint density at radius 2 is 0.738 bits per heavy atom. The van der Waals surface area contributed by atoms with Gasteiger partial charge in [-0.1, -0.05) is 76.4 Å². The Labute approximate surface area is 248 Å². The average Bonchev–Trinajstić information content (AvgIpc) is 2.98. The number of aryl methyl sites for hydroxylation is 3. The molecule has 0 saturated heterocycles. The van der Waals surface area contributed by atoms with Crippen molar-refractivity contribution in [2.45, 2.75) is 59.3 Å². The molecule has 0 atom stereocenters. The maximum atomic E-state index is 13.4. The smallest absolute Gasteiger partial charge is 0.255 e. The predicted molar refractivity (Wildman–Crippen MR) is 172 cm³/mol. The summed E-state index contributed by atoms with van der Waals surface area (Å²) in [5.74, 6) is -1.20. The molecule has 0 aromatic heterocycles. The highest BCUT2D eigenvalue weighted by molar-refractivity contribution is 6.13. The van der Waals surface area contributed by atoms with Gasteiger partial charge in [0, 0.05) is 33.8 Å². The molecule has 216 valence electrons. The number of carbonyl (C=O) groups excluding carboxylic acids is 3. The van der Waals surface area contributed by atoms with Gasteiger partial charge in [-0.25, -0.2) is 0 Å². The minimum atomic E-state index is -0.401. The van der Waals surface area contributed by atoms with Crippen LogP contribution in [0.5, 0.6) is 0 Å². The van der Waals surface area contributed by atoms with Crippen LogP contribution >= 0.6 is 0 Å². The Hall–Kier alpha value is -4.71. The molecule has 0 aliphatic carbocycles. The van der Waals surface area contributed by atoms with Crippen LogP contribution in [-0.4, -0.2) is 17.7 Å². The van der Waals surface area contributed by atoms with Crippen LogP contribution in [-0.2, 0) is 19.3 Å². The number of rotatable bonds is 12. The summed E-state index contributed by atoms with van der Waals surface area (Å²) in [6, 6.07) is 27.7. The SMILES string of the molecule is CCCc1cccc(NC(=O)c2cc(C(=O)Nc3cccc(CCC)c3)cc(C(=O)Nc3cccc(CCC)c3)c2)c1. The van der Waals surface area contributed by atoms with Crippen molar-refractivity contribution in [2.24, 2.45) is 0 Å². The fourth-order valence-corrected chi connectivity index (χ4v) is 4.91. The van der Waals surface area contributed by atoms with Crippen molar-refractivity contribution < 1.29 is 14.4 Å². The number of hydrogen-bond donors (Lipinski definition) is 3. The Morgan fingerprint density at radius 1 is 0.452 bits per heavy atom. The van der Waals surface area contributed by atoms with E-state index in [1.54, 1.807) is 0 Å². The van der Waals surface area contributed by atoms with E-state index in [0.717, 1.165) is 55.2 Å². The van der Waals surface area contributed by atoms with Crippen molar-refractivity contribution in [2.75, 3.05) is 16.0 Å². The predicted octanol–water partition coefficient (Wildman–Crippen LogP) is 8.30. The first-order valence-electron chi connectivity index (χ1n) is 14.7. The standard InChI is InChI=1S/C36H39N3O3/c1-4-10-25-13-7-16-31(19-25)37-34(40)28-22-29(35(41)38-32-17-8-14-26(20-32)11-5-2)24-30(23-28)36(42)39-33-18-9-15-27(21-33)12-6-3/h7-9,13-24H,4-6,10-12H2,1-3H3,(H,37,40)(H,38,41)(H,39,42). The third kappa shape index (κ3) is 8.40. The molecule has 3 amide bonds. The molecule has 3 N–H and O–H groups in total. The lowest BCUT2D eigenvalue weighted by atomic mass is 10.0. The van der Waals surface area contributed by atoms with Crippen molar-refractivity contribution >= 4 is 34.8 Å². The van der Waals surface area contributed by atoms with E-state index in [1.807, 2.05) is 72.8 Å². The first-order valence-corrected chi connectivity index (χ1v) is 14.7. The van der Waals surface area contributed by atoms with Crippen LogP contribution in [0, 0.1) is 0 Å². The van der Waals surface area contributed by atoms with Gasteiger partial charge in [-0.05, 0) is 90.6 Å². The van der Waals surface area contributed by atoms with Gasteiger partial charge in [0.05, 0.1) is 0 Å². The van der Waals surface area contributed by atoms with Gasteiger partial charge in [0.1, 0.15) is 0 Å². The zero-order chi connectivity index (χ0) is 29.9. The minimum Gasteiger partial charge on any atom is -0.322 e. The highest BCUT2D eigenvalue weighted by Gasteiger charge is 2.18. The zero-order valence-corrected chi connectivity index (χ0v) is 24.6. The van der Waals surface area contributed by atoms with Gasteiger partial charge in [-0.2, -0.15) is 0 Å². The van der Waals surface area contributed by atoms with Crippen molar-refractivity contribution in [3.63, 3.8) is 0 Å². The van der Waals surface area contributed by atoms with Gasteiger partial charge < -0.3 is 16.0 Å². The highest BCUT2D eigenvalue weighted by atomic mass is 16.2. The van der Waals surface area contributed by atoms with Gasteiger partial charge in [0.2, 0.25) is 0 Å². The lowest BCUT2D eigenvalue weighted by Gasteiger charge is -2.13. The molecule has 0 bridgehead atoms. The Morgan fingerprint density at radius 3 is 1.00 bits per heavy atom. The molecule has 6 nitrogen and oxygen atoms in total. The second-order valence-electron chi connectivity index (χ2n) is 10.5. The second kappa shape index (κ2) is 14.8. The van der Waals surface area contributed by atoms with Crippen molar-refractivity contribution in [3.05, 3.63) is 124 Å². The zero-order valence-electron chi connectivity index (χ0n) is 24.6. The van der Waals surface area contributed by atoms with E-state index < -0.39 is 17.7 Å². The van der Waals surface area contributed by atoms with Crippen molar-refractivity contribution in [1.82, 2.24) is 0 Å². The topological polar surface area (TPSA) is 87.3 Å². The van der Waals surface area contributed by atoms with Crippen LogP contribution < -0.4 is 16.0 Å². The first-order chi connectivity index (χ1) is 20.4. The number of nitrogens with one attached hydrogen (secondary N) is 3. The molecule has 42 heavy (non-hydrogen) atoms. The normalized spacial score (nSPS) is 10.6. The minimum absolute atomic E-state index is 0.216. The van der Waals surface area contributed by atoms with E-state index in [4.69, 9.17) is 0 Å². The molecule has 4 aromatic rings. The van der Waals surface area contributed by atoms with E-state index >= 15 is 0 Å². The van der Waals surface area contributed by atoms with Crippen LogP contribution in [0.2, 0.25) is 0 Å². The fourth-order valence-electron chi connectivity index (χ4n) is 4.91. The second-order valence-corrected chi connectivity index (χ2v) is 10.5. The number of anilines is 3. The summed E-state index contributed by atoms with van der Waals surface area (Å²) >= 11 is 0. The van der Waals surface area contributed by atoms with Crippen LogP contribution in [0.1, 0.15) is 87.8 Å². The molecule has 4 aromatic carbocycles. The van der Waals surface area contributed by atoms with Crippen LogP contribution in [0.25, 0.3) is 0 Å². The molecule has 6 heteroatoms. The van der Waals surface area contributed by atoms with Gasteiger partial charge in [0.25, 0.3) is 17.7 Å². The summed E-state index contributed by atoms with van der Waals surface area (Å²) in [7, 11) is 0. The molecular formula is C36H39N3O3. The Kier molecular flexibility index (Phi) is 10.6. The quantitative estimate of drug-likeness (QED) is 0.163. The number of carbonyl (C=O) groups is 3. The Balaban J connectivity index is 1.64. The van der Waals surface area contributed by atoms with E-state index in [0.29, 0.717) is 17.1 Å². The molecule has 0 saturated carbocycles. The van der Waals surface area contributed by atoms with Crippen LogP contribution in [0.15, 0.2) is 91.0 Å².